The van der Waals surface area contributed by atoms with E-state index in [-0.39, 0.29) is 24.7 Å². The van der Waals surface area contributed by atoms with Crippen LogP contribution >= 0.6 is 12.4 Å². The third-order valence-corrected chi connectivity index (χ3v) is 3.15. The molecule has 0 bridgehead atoms. The third-order valence-electron chi connectivity index (χ3n) is 3.15. The Morgan fingerprint density at radius 3 is 2.75 bits per heavy atom. The first-order valence-corrected chi connectivity index (χ1v) is 5.72. The van der Waals surface area contributed by atoms with Gasteiger partial charge in [0, 0.05) is 11.5 Å². The van der Waals surface area contributed by atoms with Crippen molar-refractivity contribution in [3.05, 3.63) is 33.9 Å². The molecule has 8 heteroatoms. The Bertz CT molecular complexity index is 547. The minimum Gasteiger partial charge on any atom is -0.502 e. The van der Waals surface area contributed by atoms with E-state index < -0.39 is 28.2 Å². The molecule has 1 fully saturated rings. The number of nitrogens with zero attached hydrogens (tertiary/aromatic N) is 1. The molecular weight excluding hydrogens is 288 g/mol. The number of hydrogen-bond donors (Lipinski definition) is 2. The SMILES string of the molecule is CC1(C)COC(=O)N[C@@H]1c1ccc(O)c([N+](=O)[O-])c1.Cl. The second-order valence-electron chi connectivity index (χ2n) is 5.15. The highest BCUT2D eigenvalue weighted by Crippen LogP contribution is 2.39. The van der Waals surface area contributed by atoms with Gasteiger partial charge in [0.1, 0.15) is 6.61 Å². The van der Waals surface area contributed by atoms with Gasteiger partial charge >= 0.3 is 11.8 Å². The highest BCUT2D eigenvalue weighted by atomic mass is 35.5. The van der Waals surface area contributed by atoms with Gasteiger partial charge in [-0.25, -0.2) is 4.79 Å². The van der Waals surface area contributed by atoms with E-state index in [9.17, 15) is 20.0 Å². The average Bonchev–Trinajstić information content (AvgIpc) is 2.33. The lowest BCUT2D eigenvalue weighted by molar-refractivity contribution is -0.386. The molecule has 1 aromatic carbocycles. The van der Waals surface area contributed by atoms with Crippen molar-refractivity contribution in [2.45, 2.75) is 19.9 Å². The lowest BCUT2D eigenvalue weighted by atomic mass is 9.80. The van der Waals surface area contributed by atoms with E-state index in [1.807, 2.05) is 13.8 Å². The second kappa shape index (κ2) is 5.54. The van der Waals surface area contributed by atoms with Crippen LogP contribution in [0, 0.1) is 15.5 Å². The largest absolute Gasteiger partial charge is 0.502 e. The zero-order valence-corrected chi connectivity index (χ0v) is 11.8. The van der Waals surface area contributed by atoms with Crippen molar-refractivity contribution in [1.82, 2.24) is 5.32 Å². The molecule has 0 aliphatic carbocycles. The molecule has 0 spiro atoms. The molecule has 1 aliphatic heterocycles. The van der Waals surface area contributed by atoms with Crippen molar-refractivity contribution in [2.24, 2.45) is 5.41 Å². The topological polar surface area (TPSA) is 102 Å². The number of nitro groups is 1. The lowest BCUT2D eigenvalue weighted by Gasteiger charge is -2.38. The lowest BCUT2D eigenvalue weighted by Crippen LogP contribution is -2.46. The van der Waals surface area contributed by atoms with Gasteiger partial charge in [-0.15, -0.1) is 12.4 Å². The van der Waals surface area contributed by atoms with Crippen LogP contribution in [0.5, 0.6) is 5.75 Å². The molecule has 2 rings (SSSR count). The van der Waals surface area contributed by atoms with Gasteiger partial charge in [0.25, 0.3) is 0 Å². The van der Waals surface area contributed by atoms with Crippen molar-refractivity contribution in [3.8, 4) is 5.75 Å². The van der Waals surface area contributed by atoms with Crippen molar-refractivity contribution in [3.63, 3.8) is 0 Å². The van der Waals surface area contributed by atoms with Gasteiger partial charge in [0.15, 0.2) is 5.75 Å². The summed E-state index contributed by atoms with van der Waals surface area (Å²) in [7, 11) is 0. The molecule has 1 aliphatic rings. The fraction of sp³-hybridized carbons (Fsp3) is 0.417. The van der Waals surface area contributed by atoms with Gasteiger partial charge in [-0.3, -0.25) is 10.1 Å². The van der Waals surface area contributed by atoms with Gasteiger partial charge in [-0.1, -0.05) is 19.9 Å². The van der Waals surface area contributed by atoms with Crippen LogP contribution in [-0.4, -0.2) is 22.7 Å². The Morgan fingerprint density at radius 1 is 1.50 bits per heavy atom. The molecule has 0 unspecified atom stereocenters. The fourth-order valence-corrected chi connectivity index (χ4v) is 2.09. The molecule has 1 saturated heterocycles. The smallest absolute Gasteiger partial charge is 0.407 e. The number of nitro benzene ring substituents is 1. The zero-order chi connectivity index (χ0) is 14.2. The normalized spacial score (nSPS) is 20.3. The van der Waals surface area contributed by atoms with Crippen LogP contribution in [0.15, 0.2) is 18.2 Å². The van der Waals surface area contributed by atoms with E-state index >= 15 is 0 Å². The molecule has 110 valence electrons. The van der Waals surface area contributed by atoms with Gasteiger partial charge < -0.3 is 15.2 Å². The van der Waals surface area contributed by atoms with Crippen LogP contribution in [0.3, 0.4) is 0 Å². The van der Waals surface area contributed by atoms with Crippen LogP contribution in [0.4, 0.5) is 10.5 Å². The first-order valence-electron chi connectivity index (χ1n) is 5.72. The van der Waals surface area contributed by atoms with Crippen LogP contribution < -0.4 is 5.32 Å². The molecule has 1 amide bonds. The molecule has 0 aromatic heterocycles. The van der Waals surface area contributed by atoms with Crippen molar-refractivity contribution in [2.75, 3.05) is 6.61 Å². The number of aromatic hydroxyl groups is 1. The summed E-state index contributed by atoms with van der Waals surface area (Å²) in [6, 6.07) is 3.67. The van der Waals surface area contributed by atoms with Gasteiger partial charge in [0.05, 0.1) is 11.0 Å². The monoisotopic (exact) mass is 302 g/mol. The molecule has 1 heterocycles. The van der Waals surface area contributed by atoms with Gasteiger partial charge in [-0.05, 0) is 11.6 Å². The van der Waals surface area contributed by atoms with E-state index in [4.69, 9.17) is 4.74 Å². The summed E-state index contributed by atoms with van der Waals surface area (Å²) in [4.78, 5) is 21.5. The number of benzene rings is 1. The minimum absolute atomic E-state index is 0. The van der Waals surface area contributed by atoms with Crippen molar-refractivity contribution in [1.29, 1.82) is 0 Å². The number of halogens is 1. The molecule has 1 atom stereocenters. The number of cyclic esters (lactones) is 1. The number of phenols is 1. The number of hydrogen-bond acceptors (Lipinski definition) is 5. The second-order valence-corrected chi connectivity index (χ2v) is 5.15. The summed E-state index contributed by atoms with van der Waals surface area (Å²) < 4.78 is 4.91. The van der Waals surface area contributed by atoms with Crippen molar-refractivity contribution >= 4 is 24.2 Å². The number of phenolic OH excluding ortho intramolecular Hbond substituents is 1. The van der Waals surface area contributed by atoms with Crippen molar-refractivity contribution < 1.29 is 19.6 Å². The van der Waals surface area contributed by atoms with Crippen LogP contribution in [0.1, 0.15) is 25.5 Å². The Hall–Kier alpha value is -2.02. The maximum Gasteiger partial charge on any atom is 0.407 e. The van der Waals surface area contributed by atoms with E-state index in [2.05, 4.69) is 5.32 Å². The number of ether oxygens (including phenoxy) is 1. The number of carbonyl (C=O) groups is 1. The molecule has 7 nitrogen and oxygen atoms in total. The quantitative estimate of drug-likeness (QED) is 0.645. The predicted molar refractivity (Wildman–Crippen MR) is 73.0 cm³/mol. The summed E-state index contributed by atoms with van der Waals surface area (Å²) in [6.07, 6.45) is -0.556. The van der Waals surface area contributed by atoms with Crippen LogP contribution in [0.25, 0.3) is 0 Å². The standard InChI is InChI=1S/C12H14N2O5.ClH/c1-12(2)6-19-11(16)13-10(12)7-3-4-9(15)8(5-7)14(17)18;/h3-5,10,15H,6H2,1-2H3,(H,13,16);1H/t10-;/m1./s1. The molecule has 20 heavy (non-hydrogen) atoms. The third kappa shape index (κ3) is 2.93. The highest BCUT2D eigenvalue weighted by molar-refractivity contribution is 5.85. The molecule has 0 radical (unpaired) electrons. The molecule has 1 aromatic rings. The first kappa shape index (κ1) is 16.0. The summed E-state index contributed by atoms with van der Waals surface area (Å²) in [6.45, 7) is 3.99. The highest BCUT2D eigenvalue weighted by Gasteiger charge is 2.38. The first-order chi connectivity index (χ1) is 8.81. The Kier molecular flexibility index (Phi) is 4.44. The number of nitrogens with one attached hydrogen (secondary N) is 1. The molecule has 2 N–H and O–H groups in total. The van der Waals surface area contributed by atoms with E-state index in [1.165, 1.54) is 12.1 Å². The van der Waals surface area contributed by atoms with Gasteiger partial charge in [-0.2, -0.15) is 0 Å². The minimum atomic E-state index is -0.660. The van der Waals surface area contributed by atoms with E-state index in [1.54, 1.807) is 6.07 Å². The average molecular weight is 303 g/mol. The zero-order valence-electron chi connectivity index (χ0n) is 11.0. The maximum atomic E-state index is 11.3. The summed E-state index contributed by atoms with van der Waals surface area (Å²) in [5.74, 6) is -0.398. The number of rotatable bonds is 2. The van der Waals surface area contributed by atoms with Crippen LogP contribution in [-0.2, 0) is 4.74 Å². The predicted octanol–water partition coefficient (Wildman–Crippen LogP) is 2.53. The van der Waals surface area contributed by atoms with Gasteiger partial charge in [0.2, 0.25) is 0 Å². The number of carbonyl (C=O) groups excluding carboxylic acids is 1. The molecular formula is C12H15ClN2O5. The summed E-state index contributed by atoms with van der Waals surface area (Å²) in [5.41, 5.74) is -0.223. The Balaban J connectivity index is 0.00000200. The van der Waals surface area contributed by atoms with E-state index in [0.717, 1.165) is 0 Å². The fourth-order valence-electron chi connectivity index (χ4n) is 2.09. The number of alkyl carbamates (subject to hydrolysis) is 1. The Labute approximate surface area is 121 Å². The molecule has 0 saturated carbocycles. The van der Waals surface area contributed by atoms with E-state index in [0.29, 0.717) is 5.56 Å². The Morgan fingerprint density at radius 2 is 2.15 bits per heavy atom. The number of amides is 1. The van der Waals surface area contributed by atoms with Crippen LogP contribution in [0.2, 0.25) is 0 Å². The summed E-state index contributed by atoms with van der Waals surface area (Å²) in [5, 5.41) is 22.9. The summed E-state index contributed by atoms with van der Waals surface area (Å²) >= 11 is 0. The maximum absolute atomic E-state index is 11.3.